The molecule has 0 aromatic heterocycles. The van der Waals surface area contributed by atoms with Gasteiger partial charge in [-0.3, -0.25) is 9.59 Å². The van der Waals surface area contributed by atoms with Crippen LogP contribution in [0.25, 0.3) is 0 Å². The fourth-order valence-corrected chi connectivity index (χ4v) is 4.60. The zero-order valence-corrected chi connectivity index (χ0v) is 21.7. The zero-order valence-electron chi connectivity index (χ0n) is 21.7. The van der Waals surface area contributed by atoms with Gasteiger partial charge in [-0.25, -0.2) is 0 Å². The van der Waals surface area contributed by atoms with Crippen LogP contribution in [0.2, 0.25) is 0 Å². The molecule has 0 spiro atoms. The number of carbonyl (C=O) groups is 2. The van der Waals surface area contributed by atoms with Crippen molar-refractivity contribution in [1.82, 2.24) is 10.2 Å². The van der Waals surface area contributed by atoms with Crippen LogP contribution in [-0.4, -0.2) is 56.0 Å². The van der Waals surface area contributed by atoms with E-state index < -0.39 is 0 Å². The molecule has 0 unspecified atom stereocenters. The van der Waals surface area contributed by atoms with Crippen molar-refractivity contribution in [3.05, 3.63) is 59.2 Å². The summed E-state index contributed by atoms with van der Waals surface area (Å²) in [6.07, 6.45) is 6.91. The zero-order chi connectivity index (χ0) is 25.0. The Bertz CT molecular complexity index is 948. The number of likely N-dealkylation sites (N-methyl/N-ethyl adjacent to an activating group) is 1. The largest absolute Gasteiger partial charge is 0.371 e. The molecule has 2 aromatic carbocycles. The molecule has 2 amide bonds. The highest BCUT2D eigenvalue weighted by Crippen LogP contribution is 2.28. The molecule has 0 bridgehead atoms. The molecule has 1 aliphatic heterocycles. The number of hydrogen-bond donors (Lipinski definition) is 2. The van der Waals surface area contributed by atoms with Gasteiger partial charge in [-0.1, -0.05) is 45.7 Å². The lowest BCUT2D eigenvalue weighted by molar-refractivity contribution is 0.0948. The fraction of sp³-hybridized carbons (Fsp3) is 0.517. The Kier molecular flexibility index (Phi) is 10.6. The van der Waals surface area contributed by atoms with Crippen molar-refractivity contribution in [2.24, 2.45) is 0 Å². The summed E-state index contributed by atoms with van der Waals surface area (Å²) in [5, 5.41) is 6.07. The average Bonchev–Trinajstić information content (AvgIpc) is 3.42. The van der Waals surface area contributed by atoms with Gasteiger partial charge in [-0.2, -0.15) is 0 Å². The Hall–Kier alpha value is -2.86. The minimum Gasteiger partial charge on any atom is -0.371 e. The summed E-state index contributed by atoms with van der Waals surface area (Å²) in [6, 6.07) is 13.5. The Morgan fingerprint density at radius 2 is 1.63 bits per heavy atom. The highest BCUT2D eigenvalue weighted by atomic mass is 16.2. The molecule has 6 heteroatoms. The van der Waals surface area contributed by atoms with E-state index in [2.05, 4.69) is 41.2 Å². The number of nitrogens with zero attached hydrogens (tertiary/aromatic N) is 2. The van der Waals surface area contributed by atoms with Crippen LogP contribution in [0.1, 0.15) is 79.2 Å². The average molecular weight is 479 g/mol. The SMILES string of the molecule is CCCCCc1ccc(C(=O)Nc2ccc(N3CCCC3)c(C(=O)NCCN(CC)CC)c2)cc1. The van der Waals surface area contributed by atoms with E-state index in [0.717, 1.165) is 57.7 Å². The number of nitrogens with one attached hydrogen (secondary N) is 2. The molecule has 1 heterocycles. The summed E-state index contributed by atoms with van der Waals surface area (Å²) in [5.41, 5.74) is 4.08. The van der Waals surface area contributed by atoms with Crippen LogP contribution in [-0.2, 0) is 6.42 Å². The molecule has 0 atom stereocenters. The Labute approximate surface area is 211 Å². The van der Waals surface area contributed by atoms with Gasteiger partial charge in [0, 0.05) is 43.1 Å². The maximum atomic E-state index is 13.2. The smallest absolute Gasteiger partial charge is 0.255 e. The van der Waals surface area contributed by atoms with Gasteiger partial charge >= 0.3 is 0 Å². The minimum atomic E-state index is -0.160. The molecule has 0 radical (unpaired) electrons. The van der Waals surface area contributed by atoms with E-state index >= 15 is 0 Å². The van der Waals surface area contributed by atoms with E-state index in [1.54, 1.807) is 0 Å². The second-order valence-electron chi connectivity index (χ2n) is 9.32. The van der Waals surface area contributed by atoms with Crippen molar-refractivity contribution in [1.29, 1.82) is 0 Å². The van der Waals surface area contributed by atoms with Gasteiger partial charge in [0.1, 0.15) is 0 Å². The highest BCUT2D eigenvalue weighted by Gasteiger charge is 2.20. The number of rotatable bonds is 13. The van der Waals surface area contributed by atoms with Crippen LogP contribution >= 0.6 is 0 Å². The molecule has 35 heavy (non-hydrogen) atoms. The summed E-state index contributed by atoms with van der Waals surface area (Å²) in [5.74, 6) is -0.251. The lowest BCUT2D eigenvalue weighted by Crippen LogP contribution is -2.35. The van der Waals surface area contributed by atoms with E-state index in [-0.39, 0.29) is 11.8 Å². The second-order valence-corrected chi connectivity index (χ2v) is 9.32. The molecule has 1 saturated heterocycles. The quantitative estimate of drug-likeness (QED) is 0.381. The third-order valence-corrected chi connectivity index (χ3v) is 6.84. The molecule has 0 aliphatic carbocycles. The number of aryl methyl sites for hydroxylation is 1. The molecular formula is C29H42N4O2. The van der Waals surface area contributed by atoms with Gasteiger partial charge in [-0.15, -0.1) is 0 Å². The molecule has 0 saturated carbocycles. The topological polar surface area (TPSA) is 64.7 Å². The van der Waals surface area contributed by atoms with Crippen LogP contribution in [0.4, 0.5) is 11.4 Å². The van der Waals surface area contributed by atoms with Crippen LogP contribution in [0.15, 0.2) is 42.5 Å². The normalized spacial score (nSPS) is 13.3. The number of anilines is 2. The first-order chi connectivity index (χ1) is 17.0. The van der Waals surface area contributed by atoms with Crippen LogP contribution in [0.3, 0.4) is 0 Å². The predicted octanol–water partition coefficient (Wildman–Crippen LogP) is 5.34. The number of unbranched alkanes of at least 4 members (excludes halogenated alkanes) is 2. The molecule has 190 valence electrons. The van der Waals surface area contributed by atoms with Crippen molar-refractivity contribution in [2.45, 2.75) is 59.3 Å². The number of amides is 2. The van der Waals surface area contributed by atoms with Crippen molar-refractivity contribution in [3.63, 3.8) is 0 Å². The van der Waals surface area contributed by atoms with E-state index in [9.17, 15) is 9.59 Å². The highest BCUT2D eigenvalue weighted by molar-refractivity contribution is 6.06. The number of benzene rings is 2. The fourth-order valence-electron chi connectivity index (χ4n) is 4.60. The Morgan fingerprint density at radius 3 is 2.29 bits per heavy atom. The van der Waals surface area contributed by atoms with Gasteiger partial charge in [0.2, 0.25) is 0 Å². The van der Waals surface area contributed by atoms with Gasteiger partial charge in [0.25, 0.3) is 11.8 Å². The molecule has 6 nitrogen and oxygen atoms in total. The van der Waals surface area contributed by atoms with Crippen LogP contribution in [0, 0.1) is 0 Å². The standard InChI is InChI=1S/C29H42N4O2/c1-4-7-8-11-23-12-14-24(15-13-23)28(34)31-25-16-17-27(33-19-9-10-20-33)26(22-25)29(35)30-18-21-32(5-2)6-3/h12-17,22H,4-11,18-21H2,1-3H3,(H,30,35)(H,31,34). The molecular weight excluding hydrogens is 436 g/mol. The first kappa shape index (κ1) is 26.7. The number of hydrogen-bond acceptors (Lipinski definition) is 4. The van der Waals surface area contributed by atoms with Crippen molar-refractivity contribution < 1.29 is 9.59 Å². The lowest BCUT2D eigenvalue weighted by atomic mass is 10.0. The first-order valence-electron chi connectivity index (χ1n) is 13.4. The van der Waals surface area contributed by atoms with Crippen LogP contribution in [0.5, 0.6) is 0 Å². The van der Waals surface area contributed by atoms with Crippen LogP contribution < -0.4 is 15.5 Å². The molecule has 2 N–H and O–H groups in total. The Balaban J connectivity index is 1.70. The van der Waals surface area contributed by atoms with Gasteiger partial charge in [-0.05, 0) is 74.7 Å². The van der Waals surface area contributed by atoms with Crippen molar-refractivity contribution in [3.8, 4) is 0 Å². The summed E-state index contributed by atoms with van der Waals surface area (Å²) < 4.78 is 0. The lowest BCUT2D eigenvalue weighted by Gasteiger charge is -2.23. The predicted molar refractivity (Wildman–Crippen MR) is 146 cm³/mol. The van der Waals surface area contributed by atoms with Gasteiger partial charge < -0.3 is 20.4 Å². The first-order valence-corrected chi connectivity index (χ1v) is 13.4. The summed E-state index contributed by atoms with van der Waals surface area (Å²) in [6.45, 7) is 11.7. The van der Waals surface area contributed by atoms with E-state index in [0.29, 0.717) is 23.4 Å². The third-order valence-electron chi connectivity index (χ3n) is 6.84. The van der Waals surface area contributed by atoms with Crippen molar-refractivity contribution in [2.75, 3.05) is 49.5 Å². The van der Waals surface area contributed by atoms with E-state index in [1.807, 2.05) is 42.5 Å². The monoisotopic (exact) mass is 478 g/mol. The molecule has 1 aliphatic rings. The van der Waals surface area contributed by atoms with Gasteiger partial charge in [0.15, 0.2) is 0 Å². The molecule has 3 rings (SSSR count). The third kappa shape index (κ3) is 7.82. The van der Waals surface area contributed by atoms with E-state index in [1.165, 1.54) is 24.8 Å². The minimum absolute atomic E-state index is 0.0911. The second kappa shape index (κ2) is 13.9. The summed E-state index contributed by atoms with van der Waals surface area (Å²) in [7, 11) is 0. The number of carbonyl (C=O) groups excluding carboxylic acids is 2. The summed E-state index contributed by atoms with van der Waals surface area (Å²) >= 11 is 0. The molecule has 1 fully saturated rings. The summed E-state index contributed by atoms with van der Waals surface area (Å²) in [4.78, 5) is 30.6. The maximum absolute atomic E-state index is 13.2. The molecule has 2 aromatic rings. The van der Waals surface area contributed by atoms with E-state index in [4.69, 9.17) is 0 Å². The van der Waals surface area contributed by atoms with Gasteiger partial charge in [0.05, 0.1) is 5.56 Å². The maximum Gasteiger partial charge on any atom is 0.255 e. The Morgan fingerprint density at radius 1 is 0.914 bits per heavy atom. The van der Waals surface area contributed by atoms with Crippen molar-refractivity contribution >= 4 is 23.2 Å².